The number of H-pyrrole nitrogens is 1. The maximum Gasteiger partial charge on any atom is 0.276 e. The van der Waals surface area contributed by atoms with E-state index < -0.39 is 0 Å². The van der Waals surface area contributed by atoms with Crippen LogP contribution < -0.4 is 0 Å². The summed E-state index contributed by atoms with van der Waals surface area (Å²) in [5, 5.41) is 6.73. The molecule has 2 fully saturated rings. The Balaban J connectivity index is 1.56. The summed E-state index contributed by atoms with van der Waals surface area (Å²) in [6.45, 7) is 0.506. The summed E-state index contributed by atoms with van der Waals surface area (Å²) in [4.78, 5) is 23.2. The van der Waals surface area contributed by atoms with Crippen molar-refractivity contribution in [1.82, 2.24) is 25.1 Å². The molecule has 23 heavy (non-hydrogen) atoms. The predicted molar refractivity (Wildman–Crippen MR) is 78.7 cm³/mol. The van der Waals surface area contributed by atoms with Gasteiger partial charge in [-0.2, -0.15) is 5.10 Å². The smallest absolute Gasteiger partial charge is 0.276 e. The fraction of sp³-hybridized carbons (Fsp3) is 0.600. The molecule has 2 atom stereocenters. The summed E-state index contributed by atoms with van der Waals surface area (Å²) >= 11 is 0. The minimum Gasteiger partial charge on any atom is -0.448 e. The number of methoxy groups -OCH3 is 1. The van der Waals surface area contributed by atoms with Gasteiger partial charge in [-0.15, -0.1) is 0 Å². The third-order valence-corrected chi connectivity index (χ3v) is 4.80. The van der Waals surface area contributed by atoms with E-state index in [-0.39, 0.29) is 18.1 Å². The van der Waals surface area contributed by atoms with Gasteiger partial charge in [-0.25, -0.2) is 9.97 Å². The summed E-state index contributed by atoms with van der Waals surface area (Å²) < 4.78 is 10.9. The fourth-order valence-electron chi connectivity index (χ4n) is 3.20. The van der Waals surface area contributed by atoms with E-state index in [9.17, 15) is 4.79 Å². The van der Waals surface area contributed by atoms with E-state index in [2.05, 4.69) is 20.2 Å². The van der Waals surface area contributed by atoms with Crippen LogP contribution in [0.25, 0.3) is 0 Å². The van der Waals surface area contributed by atoms with Crippen molar-refractivity contribution in [2.24, 2.45) is 0 Å². The lowest BCUT2D eigenvalue weighted by atomic mass is 9.85. The molecule has 2 aromatic heterocycles. The number of hydrogen-bond acceptors (Lipinski definition) is 6. The van der Waals surface area contributed by atoms with Crippen LogP contribution in [-0.2, 0) is 4.74 Å². The first-order chi connectivity index (χ1) is 11.3. The van der Waals surface area contributed by atoms with Crippen molar-refractivity contribution in [3.63, 3.8) is 0 Å². The zero-order valence-electron chi connectivity index (χ0n) is 12.9. The molecule has 0 unspecified atom stereocenters. The lowest BCUT2D eigenvalue weighted by molar-refractivity contribution is 0.0678. The number of oxazole rings is 1. The lowest BCUT2D eigenvalue weighted by Crippen LogP contribution is -2.32. The molecular formula is C15H19N5O3. The van der Waals surface area contributed by atoms with Crippen LogP contribution in [-0.4, -0.2) is 50.7 Å². The van der Waals surface area contributed by atoms with Crippen LogP contribution in [0.5, 0.6) is 0 Å². The molecule has 8 heteroatoms. The summed E-state index contributed by atoms with van der Waals surface area (Å²) in [5.74, 6) is 1.56. The summed E-state index contributed by atoms with van der Waals surface area (Å²) in [7, 11) is 1.65. The molecule has 2 aliphatic rings. The van der Waals surface area contributed by atoms with E-state index in [0.717, 1.165) is 12.8 Å². The number of carbonyl (C=O) groups is 1. The third-order valence-electron chi connectivity index (χ3n) is 4.80. The zero-order chi connectivity index (χ0) is 15.8. The van der Waals surface area contributed by atoms with Crippen LogP contribution in [0.3, 0.4) is 0 Å². The Kier molecular flexibility index (Phi) is 3.60. The maximum absolute atomic E-state index is 12.8. The van der Waals surface area contributed by atoms with Crippen LogP contribution in [0.2, 0.25) is 0 Å². The second-order valence-electron chi connectivity index (χ2n) is 6.14. The Morgan fingerprint density at radius 3 is 3.00 bits per heavy atom. The molecule has 1 N–H and O–H groups in total. The van der Waals surface area contributed by atoms with E-state index in [1.54, 1.807) is 12.0 Å². The van der Waals surface area contributed by atoms with Gasteiger partial charge < -0.3 is 14.1 Å². The Morgan fingerprint density at radius 1 is 1.48 bits per heavy atom. The molecule has 122 valence electrons. The highest BCUT2D eigenvalue weighted by molar-refractivity contribution is 5.92. The van der Waals surface area contributed by atoms with Crippen molar-refractivity contribution in [1.29, 1.82) is 0 Å². The minimum atomic E-state index is -0.182. The van der Waals surface area contributed by atoms with E-state index in [0.29, 0.717) is 36.3 Å². The topological polar surface area (TPSA) is 97.1 Å². The number of aromatic amines is 1. The summed E-state index contributed by atoms with van der Waals surface area (Å²) in [6.07, 6.45) is 6.95. The number of amides is 1. The molecule has 0 radical (unpaired) electrons. The Hall–Kier alpha value is -2.22. The number of hydrogen-bond donors (Lipinski definition) is 1. The Labute approximate surface area is 133 Å². The molecule has 1 aliphatic heterocycles. The van der Waals surface area contributed by atoms with Crippen molar-refractivity contribution in [3.05, 3.63) is 30.0 Å². The normalized spacial score (nSPS) is 24.8. The van der Waals surface area contributed by atoms with Gasteiger partial charge in [0, 0.05) is 26.0 Å². The van der Waals surface area contributed by atoms with Gasteiger partial charge in [0.1, 0.15) is 18.4 Å². The third kappa shape index (κ3) is 2.52. The van der Waals surface area contributed by atoms with Crippen LogP contribution in [0.1, 0.15) is 59.8 Å². The molecule has 1 saturated carbocycles. The molecule has 4 rings (SSSR count). The van der Waals surface area contributed by atoms with E-state index in [1.807, 2.05) is 0 Å². The first-order valence-electron chi connectivity index (χ1n) is 7.90. The standard InChI is InChI=1S/C15H19N5O3/c1-22-10-5-12(13-16-8-17-19-13)20(6-10)15(21)11-7-23-14(18-11)9-3-2-4-9/h7-10,12H,2-6H2,1H3,(H,16,17,19)/t10-,12+/m1/s1. The van der Waals surface area contributed by atoms with E-state index >= 15 is 0 Å². The summed E-state index contributed by atoms with van der Waals surface area (Å²) in [6, 6.07) is -0.182. The molecule has 2 aromatic rings. The highest BCUT2D eigenvalue weighted by atomic mass is 16.5. The lowest BCUT2D eigenvalue weighted by Gasteiger charge is -2.22. The first kappa shape index (κ1) is 14.4. The number of ether oxygens (including phenoxy) is 1. The first-order valence-corrected chi connectivity index (χ1v) is 7.90. The molecular weight excluding hydrogens is 298 g/mol. The van der Waals surface area contributed by atoms with Gasteiger partial charge in [0.25, 0.3) is 5.91 Å². The van der Waals surface area contributed by atoms with Crippen molar-refractivity contribution < 1.29 is 13.9 Å². The predicted octanol–water partition coefficient (Wildman–Crippen LogP) is 1.66. The Bertz CT molecular complexity index is 679. The minimum absolute atomic E-state index is 0.0212. The van der Waals surface area contributed by atoms with Gasteiger partial charge in [-0.05, 0) is 12.8 Å². The monoisotopic (exact) mass is 317 g/mol. The molecule has 1 amide bonds. The largest absolute Gasteiger partial charge is 0.448 e. The maximum atomic E-state index is 12.8. The average molecular weight is 317 g/mol. The number of aromatic nitrogens is 4. The van der Waals surface area contributed by atoms with Crippen LogP contribution in [0.4, 0.5) is 0 Å². The summed E-state index contributed by atoms with van der Waals surface area (Å²) in [5.41, 5.74) is 0.355. The molecule has 1 saturated heterocycles. The number of carbonyl (C=O) groups excluding carboxylic acids is 1. The zero-order valence-corrected chi connectivity index (χ0v) is 12.9. The van der Waals surface area contributed by atoms with Gasteiger partial charge in [0.2, 0.25) is 0 Å². The second kappa shape index (κ2) is 5.77. The number of likely N-dealkylation sites (tertiary alicyclic amines) is 1. The Morgan fingerprint density at radius 2 is 2.35 bits per heavy atom. The SMILES string of the molecule is CO[C@@H]1C[C@@H](c2ncn[nH]2)N(C(=O)c2coc(C3CCC3)n2)C1. The van der Waals surface area contributed by atoms with Gasteiger partial charge in [0.15, 0.2) is 11.6 Å². The van der Waals surface area contributed by atoms with E-state index in [1.165, 1.54) is 19.0 Å². The van der Waals surface area contributed by atoms with Gasteiger partial charge in [-0.1, -0.05) is 6.42 Å². The number of nitrogens with one attached hydrogen (secondary N) is 1. The van der Waals surface area contributed by atoms with Crippen LogP contribution >= 0.6 is 0 Å². The number of nitrogens with zero attached hydrogens (tertiary/aromatic N) is 4. The molecule has 3 heterocycles. The molecule has 0 spiro atoms. The second-order valence-corrected chi connectivity index (χ2v) is 6.14. The highest BCUT2D eigenvalue weighted by Gasteiger charge is 2.39. The van der Waals surface area contributed by atoms with Gasteiger partial charge in [-0.3, -0.25) is 9.89 Å². The average Bonchev–Trinajstić information content (AvgIpc) is 3.24. The van der Waals surface area contributed by atoms with Crippen molar-refractivity contribution in [2.45, 2.75) is 43.7 Å². The van der Waals surface area contributed by atoms with E-state index in [4.69, 9.17) is 9.15 Å². The quantitative estimate of drug-likeness (QED) is 0.921. The molecule has 1 aliphatic carbocycles. The molecule has 0 bridgehead atoms. The highest BCUT2D eigenvalue weighted by Crippen LogP contribution is 2.36. The van der Waals surface area contributed by atoms with Gasteiger partial charge >= 0.3 is 0 Å². The fourth-order valence-corrected chi connectivity index (χ4v) is 3.20. The van der Waals surface area contributed by atoms with Crippen molar-refractivity contribution in [2.75, 3.05) is 13.7 Å². The number of rotatable bonds is 4. The van der Waals surface area contributed by atoms with Crippen molar-refractivity contribution >= 4 is 5.91 Å². The van der Waals surface area contributed by atoms with Crippen LogP contribution in [0.15, 0.2) is 17.0 Å². The molecule has 8 nitrogen and oxygen atoms in total. The van der Waals surface area contributed by atoms with Gasteiger partial charge in [0.05, 0.1) is 12.1 Å². The van der Waals surface area contributed by atoms with Crippen molar-refractivity contribution in [3.8, 4) is 0 Å². The van der Waals surface area contributed by atoms with Crippen LogP contribution in [0, 0.1) is 0 Å². The molecule has 0 aromatic carbocycles.